The van der Waals surface area contributed by atoms with Crippen molar-refractivity contribution in [3.8, 4) is 5.75 Å². The second-order valence-corrected chi connectivity index (χ2v) is 5.60. The minimum Gasteiger partial charge on any atom is -0.491 e. The van der Waals surface area contributed by atoms with Crippen LogP contribution in [0.2, 0.25) is 0 Å². The number of ether oxygens (including phenoxy) is 1. The number of alkyl halides is 3. The zero-order valence-electron chi connectivity index (χ0n) is 13.8. The minimum atomic E-state index is -4.47. The molecule has 0 aromatic heterocycles. The van der Waals surface area contributed by atoms with E-state index in [1.54, 1.807) is 24.3 Å². The largest absolute Gasteiger partial charge is 0.491 e. The molecule has 1 atom stereocenters. The maximum Gasteiger partial charge on any atom is 0.416 e. The van der Waals surface area contributed by atoms with Crippen LogP contribution in [0.4, 0.5) is 13.2 Å². The Balaban J connectivity index is 1.81. The summed E-state index contributed by atoms with van der Waals surface area (Å²) in [6.45, 7) is 0.0115. The molecule has 2 aromatic carbocycles. The number of rotatable bonds is 7. The van der Waals surface area contributed by atoms with Crippen LogP contribution in [-0.4, -0.2) is 30.3 Å². The van der Waals surface area contributed by atoms with Gasteiger partial charge in [-0.2, -0.15) is 13.2 Å². The fraction of sp³-hybridized carbons (Fsp3) is 0.278. The van der Waals surface area contributed by atoms with E-state index in [1.165, 1.54) is 12.1 Å². The first-order valence-corrected chi connectivity index (χ1v) is 7.85. The first-order valence-electron chi connectivity index (χ1n) is 7.85. The Bertz CT molecular complexity index is 733. The normalized spacial score (nSPS) is 12.5. The highest BCUT2D eigenvalue weighted by Crippen LogP contribution is 2.31. The first-order chi connectivity index (χ1) is 12.3. The van der Waals surface area contributed by atoms with Gasteiger partial charge in [0.15, 0.2) is 0 Å². The van der Waals surface area contributed by atoms with Crippen molar-refractivity contribution in [2.45, 2.75) is 18.8 Å². The fourth-order valence-electron chi connectivity index (χ4n) is 2.12. The summed E-state index contributed by atoms with van der Waals surface area (Å²) in [5, 5.41) is 12.4. The van der Waals surface area contributed by atoms with Gasteiger partial charge < -0.3 is 20.9 Å². The van der Waals surface area contributed by atoms with Gasteiger partial charge in [0.25, 0.3) is 5.91 Å². The summed E-state index contributed by atoms with van der Waals surface area (Å²) in [6, 6.07) is 11.0. The SMILES string of the molecule is NCc1ccc(C(=O)NCC(O)COc2cccc(C(F)(F)F)c2)cc1. The Morgan fingerprint density at radius 2 is 1.88 bits per heavy atom. The summed E-state index contributed by atoms with van der Waals surface area (Å²) in [7, 11) is 0. The lowest BCUT2D eigenvalue weighted by atomic mass is 10.1. The average molecular weight is 368 g/mol. The van der Waals surface area contributed by atoms with Crippen LogP contribution in [0.15, 0.2) is 48.5 Å². The van der Waals surface area contributed by atoms with Gasteiger partial charge >= 0.3 is 6.18 Å². The highest BCUT2D eigenvalue weighted by Gasteiger charge is 2.30. The molecule has 5 nitrogen and oxygen atoms in total. The van der Waals surface area contributed by atoms with Gasteiger partial charge in [0.2, 0.25) is 0 Å². The Hall–Kier alpha value is -2.58. The third-order valence-electron chi connectivity index (χ3n) is 3.55. The number of halogens is 3. The van der Waals surface area contributed by atoms with Crippen LogP contribution < -0.4 is 15.8 Å². The van der Waals surface area contributed by atoms with Crippen molar-refractivity contribution in [3.05, 3.63) is 65.2 Å². The second kappa shape index (κ2) is 8.68. The zero-order valence-corrected chi connectivity index (χ0v) is 13.8. The molecule has 0 aliphatic rings. The molecule has 2 aromatic rings. The van der Waals surface area contributed by atoms with Crippen LogP contribution in [-0.2, 0) is 12.7 Å². The van der Waals surface area contributed by atoms with Crippen LogP contribution in [0.3, 0.4) is 0 Å². The van der Waals surface area contributed by atoms with Crippen molar-refractivity contribution in [1.82, 2.24) is 5.32 Å². The van der Waals surface area contributed by atoms with Gasteiger partial charge in [-0.15, -0.1) is 0 Å². The summed E-state index contributed by atoms with van der Waals surface area (Å²) in [6.07, 6.45) is -5.54. The van der Waals surface area contributed by atoms with E-state index in [4.69, 9.17) is 10.5 Å². The lowest BCUT2D eigenvalue weighted by Gasteiger charge is -2.14. The van der Waals surface area contributed by atoms with E-state index in [2.05, 4.69) is 5.32 Å². The molecule has 0 heterocycles. The van der Waals surface area contributed by atoms with Gasteiger partial charge in [-0.05, 0) is 35.9 Å². The number of hydrogen-bond acceptors (Lipinski definition) is 4. The van der Waals surface area contributed by atoms with Crippen LogP contribution >= 0.6 is 0 Å². The predicted molar refractivity (Wildman–Crippen MR) is 89.6 cm³/mol. The lowest BCUT2D eigenvalue weighted by molar-refractivity contribution is -0.137. The van der Waals surface area contributed by atoms with Crippen molar-refractivity contribution in [1.29, 1.82) is 0 Å². The van der Waals surface area contributed by atoms with Crippen LogP contribution in [0.5, 0.6) is 5.75 Å². The van der Waals surface area contributed by atoms with Crippen molar-refractivity contribution in [3.63, 3.8) is 0 Å². The average Bonchev–Trinajstić information content (AvgIpc) is 2.64. The van der Waals surface area contributed by atoms with Gasteiger partial charge in [-0.3, -0.25) is 4.79 Å². The Kier molecular flexibility index (Phi) is 6.59. The number of aliphatic hydroxyl groups is 1. The molecule has 0 aliphatic carbocycles. The van der Waals surface area contributed by atoms with E-state index < -0.39 is 17.8 Å². The maximum absolute atomic E-state index is 12.6. The molecule has 2 rings (SSSR count). The molecule has 0 fully saturated rings. The molecule has 140 valence electrons. The summed E-state index contributed by atoms with van der Waals surface area (Å²) >= 11 is 0. The van der Waals surface area contributed by atoms with Crippen molar-refractivity contribution >= 4 is 5.91 Å². The molecule has 0 aliphatic heterocycles. The number of aliphatic hydroxyl groups excluding tert-OH is 1. The Labute approximate surface area is 148 Å². The third-order valence-corrected chi connectivity index (χ3v) is 3.55. The van der Waals surface area contributed by atoms with Crippen LogP contribution in [0, 0.1) is 0 Å². The summed E-state index contributed by atoms with van der Waals surface area (Å²) in [5.74, 6) is -0.394. The second-order valence-electron chi connectivity index (χ2n) is 5.60. The molecule has 26 heavy (non-hydrogen) atoms. The number of nitrogens with one attached hydrogen (secondary N) is 1. The number of carbonyl (C=O) groups excluding carboxylic acids is 1. The third kappa shape index (κ3) is 5.75. The van der Waals surface area contributed by atoms with Crippen molar-refractivity contribution < 1.29 is 27.8 Å². The summed E-state index contributed by atoms with van der Waals surface area (Å²) < 4.78 is 43.0. The molecule has 0 spiro atoms. The van der Waals surface area contributed by atoms with Gasteiger partial charge in [0, 0.05) is 18.7 Å². The number of hydrogen-bond donors (Lipinski definition) is 3. The van der Waals surface area contributed by atoms with E-state index in [1.807, 2.05) is 0 Å². The van der Waals surface area contributed by atoms with E-state index in [0.29, 0.717) is 12.1 Å². The Morgan fingerprint density at radius 3 is 2.50 bits per heavy atom. The Morgan fingerprint density at radius 1 is 1.19 bits per heavy atom. The van der Waals surface area contributed by atoms with E-state index >= 15 is 0 Å². The lowest BCUT2D eigenvalue weighted by Crippen LogP contribution is -2.35. The molecule has 0 radical (unpaired) electrons. The van der Waals surface area contributed by atoms with E-state index in [-0.39, 0.29) is 24.8 Å². The molecule has 4 N–H and O–H groups in total. The molecule has 1 unspecified atom stereocenters. The smallest absolute Gasteiger partial charge is 0.416 e. The fourth-order valence-corrected chi connectivity index (χ4v) is 2.12. The highest BCUT2D eigenvalue weighted by molar-refractivity contribution is 5.94. The number of benzene rings is 2. The molecular formula is C18H19F3N2O3. The number of amides is 1. The van der Waals surface area contributed by atoms with Gasteiger partial charge in [0.05, 0.1) is 5.56 Å². The van der Waals surface area contributed by atoms with Crippen LogP contribution in [0.25, 0.3) is 0 Å². The highest BCUT2D eigenvalue weighted by atomic mass is 19.4. The predicted octanol–water partition coefficient (Wildman–Crippen LogP) is 2.33. The van der Waals surface area contributed by atoms with Crippen LogP contribution in [0.1, 0.15) is 21.5 Å². The minimum absolute atomic E-state index is 0.0115. The van der Waals surface area contributed by atoms with E-state index in [0.717, 1.165) is 17.7 Å². The molecule has 8 heteroatoms. The van der Waals surface area contributed by atoms with E-state index in [9.17, 15) is 23.1 Å². The van der Waals surface area contributed by atoms with Crippen molar-refractivity contribution in [2.24, 2.45) is 5.73 Å². The monoisotopic (exact) mass is 368 g/mol. The summed E-state index contributed by atoms with van der Waals surface area (Å²) in [4.78, 5) is 12.0. The number of nitrogens with two attached hydrogens (primary N) is 1. The maximum atomic E-state index is 12.6. The van der Waals surface area contributed by atoms with Gasteiger partial charge in [0.1, 0.15) is 18.5 Å². The summed E-state index contributed by atoms with van der Waals surface area (Å²) in [5.41, 5.74) is 5.94. The molecule has 0 bridgehead atoms. The molecule has 1 amide bonds. The quantitative estimate of drug-likeness (QED) is 0.700. The zero-order chi connectivity index (χ0) is 19.2. The van der Waals surface area contributed by atoms with Crippen molar-refractivity contribution in [2.75, 3.05) is 13.2 Å². The first kappa shape index (κ1) is 19.7. The number of carbonyl (C=O) groups is 1. The van der Waals surface area contributed by atoms with Gasteiger partial charge in [-0.25, -0.2) is 0 Å². The molecular weight excluding hydrogens is 349 g/mol. The molecule has 0 saturated carbocycles. The van der Waals surface area contributed by atoms with Gasteiger partial charge in [-0.1, -0.05) is 18.2 Å². The topological polar surface area (TPSA) is 84.6 Å². The standard InChI is InChI=1S/C18H19F3N2O3/c19-18(20,21)14-2-1-3-16(8-14)26-11-15(24)10-23-17(25)13-6-4-12(9-22)5-7-13/h1-8,15,24H,9-11,22H2,(H,23,25). The molecule has 0 saturated heterocycles.